The van der Waals surface area contributed by atoms with E-state index in [4.69, 9.17) is 16.6 Å². The summed E-state index contributed by atoms with van der Waals surface area (Å²) in [4.78, 5) is 0. The minimum absolute atomic E-state index is 0.284. The van der Waals surface area contributed by atoms with Gasteiger partial charge in [0.1, 0.15) is 17.3 Å². The first-order valence-electron chi connectivity index (χ1n) is 7.70. The van der Waals surface area contributed by atoms with Crippen LogP contribution in [0.4, 0.5) is 4.39 Å². The fourth-order valence-electron chi connectivity index (χ4n) is 2.69. The Bertz CT molecular complexity index is 971. The highest BCUT2D eigenvalue weighted by molar-refractivity contribution is 7.71. The Morgan fingerprint density at radius 2 is 2.17 bits per heavy atom. The maximum Gasteiger partial charge on any atom is 0.216 e. The number of aromatic amines is 1. The van der Waals surface area contributed by atoms with Gasteiger partial charge in [-0.2, -0.15) is 14.9 Å². The lowest BCUT2D eigenvalue weighted by Crippen LogP contribution is -1.96. The van der Waals surface area contributed by atoms with E-state index in [9.17, 15) is 4.39 Å². The lowest BCUT2D eigenvalue weighted by Gasteiger charge is -2.01. The second kappa shape index (κ2) is 5.83. The van der Waals surface area contributed by atoms with Crippen molar-refractivity contribution in [3.8, 4) is 11.4 Å². The molecule has 1 saturated carbocycles. The average molecular weight is 342 g/mol. The fraction of sp³-hybridized carbons (Fsp3) is 0.235. The molecule has 0 amide bonds. The molecule has 2 atom stereocenters. The number of halogens is 1. The van der Waals surface area contributed by atoms with E-state index < -0.39 is 0 Å². The Morgan fingerprint density at radius 1 is 1.38 bits per heavy atom. The maximum atomic E-state index is 14.0. The van der Waals surface area contributed by atoms with Crippen LogP contribution >= 0.6 is 12.2 Å². The normalized spacial score (nSPS) is 19.9. The first kappa shape index (κ1) is 15.0. The SMILES string of the molecule is C[C@H]1C[C@@H]1c1ccc(/C=N\n2c(-c3ccccc3F)n[nH]c2=S)o1. The molecule has 1 N–H and O–H groups in total. The number of hydrogen-bond donors (Lipinski definition) is 1. The molecule has 0 aliphatic heterocycles. The van der Waals surface area contributed by atoms with E-state index in [0.717, 1.165) is 12.2 Å². The molecule has 5 nitrogen and oxygen atoms in total. The summed E-state index contributed by atoms with van der Waals surface area (Å²) in [5, 5.41) is 11.0. The molecule has 0 saturated heterocycles. The van der Waals surface area contributed by atoms with Crippen LogP contribution < -0.4 is 0 Å². The van der Waals surface area contributed by atoms with Gasteiger partial charge in [0.25, 0.3) is 0 Å². The zero-order valence-electron chi connectivity index (χ0n) is 12.9. The maximum absolute atomic E-state index is 14.0. The molecule has 24 heavy (non-hydrogen) atoms. The molecule has 0 unspecified atom stereocenters. The predicted octanol–water partition coefficient (Wildman–Crippen LogP) is 4.35. The van der Waals surface area contributed by atoms with Crippen LogP contribution in [0.2, 0.25) is 0 Å². The van der Waals surface area contributed by atoms with E-state index in [1.807, 2.05) is 12.1 Å². The van der Waals surface area contributed by atoms with Crippen LogP contribution in [0.15, 0.2) is 45.9 Å². The summed E-state index contributed by atoms with van der Waals surface area (Å²) in [5.41, 5.74) is 0.328. The predicted molar refractivity (Wildman–Crippen MR) is 91.0 cm³/mol. The molecule has 1 aliphatic rings. The molecule has 0 spiro atoms. The number of nitrogens with one attached hydrogen (secondary N) is 1. The molecule has 2 aromatic heterocycles. The molecule has 3 aromatic rings. The third kappa shape index (κ3) is 2.71. The van der Waals surface area contributed by atoms with Crippen molar-refractivity contribution >= 4 is 18.4 Å². The number of H-pyrrole nitrogens is 1. The van der Waals surface area contributed by atoms with Gasteiger partial charge in [-0.15, -0.1) is 0 Å². The van der Waals surface area contributed by atoms with E-state index >= 15 is 0 Å². The van der Waals surface area contributed by atoms with Crippen molar-refractivity contribution in [3.63, 3.8) is 0 Å². The highest BCUT2D eigenvalue weighted by Crippen LogP contribution is 2.47. The first-order chi connectivity index (χ1) is 11.6. The van der Waals surface area contributed by atoms with Crippen molar-refractivity contribution in [1.82, 2.24) is 14.9 Å². The summed E-state index contributed by atoms with van der Waals surface area (Å²) in [7, 11) is 0. The van der Waals surface area contributed by atoms with Gasteiger partial charge in [-0.25, -0.2) is 9.49 Å². The van der Waals surface area contributed by atoms with Gasteiger partial charge in [0.05, 0.1) is 11.8 Å². The largest absolute Gasteiger partial charge is 0.460 e. The summed E-state index contributed by atoms with van der Waals surface area (Å²) in [6.07, 6.45) is 2.72. The second-order valence-corrected chi connectivity index (χ2v) is 6.33. The zero-order valence-corrected chi connectivity index (χ0v) is 13.8. The highest BCUT2D eigenvalue weighted by atomic mass is 32.1. The number of hydrogen-bond acceptors (Lipinski definition) is 4. The molecular formula is C17H15FN4OS. The van der Waals surface area contributed by atoms with E-state index in [2.05, 4.69) is 22.2 Å². The van der Waals surface area contributed by atoms with Gasteiger partial charge in [0, 0.05) is 5.92 Å². The van der Waals surface area contributed by atoms with Gasteiger partial charge < -0.3 is 4.42 Å². The van der Waals surface area contributed by atoms with Gasteiger partial charge in [-0.05, 0) is 48.8 Å². The highest BCUT2D eigenvalue weighted by Gasteiger charge is 2.36. The Hall–Kier alpha value is -2.54. The Morgan fingerprint density at radius 3 is 2.92 bits per heavy atom. The van der Waals surface area contributed by atoms with E-state index in [-0.39, 0.29) is 10.6 Å². The summed E-state index contributed by atoms with van der Waals surface area (Å²) < 4.78 is 21.4. The topological polar surface area (TPSA) is 59.1 Å². The lowest BCUT2D eigenvalue weighted by atomic mass is 10.2. The van der Waals surface area contributed by atoms with Crippen LogP contribution in [0.3, 0.4) is 0 Å². The van der Waals surface area contributed by atoms with Crippen LogP contribution in [0.5, 0.6) is 0 Å². The molecule has 122 valence electrons. The molecule has 4 rings (SSSR count). The van der Waals surface area contributed by atoms with Crippen molar-refractivity contribution < 1.29 is 8.81 Å². The molecule has 2 heterocycles. The van der Waals surface area contributed by atoms with Crippen LogP contribution in [0.25, 0.3) is 11.4 Å². The van der Waals surface area contributed by atoms with Gasteiger partial charge in [0.2, 0.25) is 4.77 Å². The summed E-state index contributed by atoms with van der Waals surface area (Å²) >= 11 is 5.18. The molecule has 1 fully saturated rings. The van der Waals surface area contributed by atoms with Crippen molar-refractivity contribution in [3.05, 3.63) is 58.5 Å². The Kier molecular flexibility index (Phi) is 3.65. The molecule has 0 radical (unpaired) electrons. The first-order valence-corrected chi connectivity index (χ1v) is 8.10. The standard InChI is InChI=1S/C17H15FN4OS/c1-10-8-13(10)15-7-6-11(23-15)9-19-22-16(20-21-17(22)24)12-4-2-3-5-14(12)18/h2-7,9-10,13H,8H2,1H3,(H,21,24)/b19-9-/t10-,13-/m0/s1. The zero-order chi connectivity index (χ0) is 16.7. The van der Waals surface area contributed by atoms with Crippen LogP contribution in [-0.2, 0) is 0 Å². The van der Waals surface area contributed by atoms with Gasteiger partial charge >= 0.3 is 0 Å². The Labute approximate surface area is 142 Å². The van der Waals surface area contributed by atoms with Gasteiger partial charge in [-0.1, -0.05) is 19.1 Å². The third-order valence-corrected chi connectivity index (χ3v) is 4.45. The lowest BCUT2D eigenvalue weighted by molar-refractivity contribution is 0.500. The van der Waals surface area contributed by atoms with Crippen LogP contribution in [0.1, 0.15) is 30.8 Å². The molecule has 0 bridgehead atoms. The molecule has 1 aromatic carbocycles. The average Bonchev–Trinajstić information content (AvgIpc) is 2.97. The van der Waals surface area contributed by atoms with Crippen molar-refractivity contribution in [2.45, 2.75) is 19.3 Å². The fourth-order valence-corrected chi connectivity index (χ4v) is 2.87. The number of nitrogens with zero attached hydrogens (tertiary/aromatic N) is 3. The van der Waals surface area contributed by atoms with Crippen molar-refractivity contribution in [1.29, 1.82) is 0 Å². The number of aromatic nitrogens is 3. The minimum atomic E-state index is -0.383. The number of rotatable bonds is 4. The van der Waals surface area contributed by atoms with E-state index in [1.165, 1.54) is 10.7 Å². The smallest absolute Gasteiger partial charge is 0.216 e. The Balaban J connectivity index is 1.65. The van der Waals surface area contributed by atoms with Gasteiger partial charge in [0.15, 0.2) is 5.82 Å². The second-order valence-electron chi connectivity index (χ2n) is 5.95. The van der Waals surface area contributed by atoms with Crippen LogP contribution in [0, 0.1) is 16.5 Å². The van der Waals surface area contributed by atoms with Crippen molar-refractivity contribution in [2.24, 2.45) is 11.0 Å². The molecule has 7 heteroatoms. The number of furan rings is 1. The number of benzene rings is 1. The third-order valence-electron chi connectivity index (χ3n) is 4.19. The van der Waals surface area contributed by atoms with Crippen molar-refractivity contribution in [2.75, 3.05) is 0 Å². The monoisotopic (exact) mass is 342 g/mol. The van der Waals surface area contributed by atoms with Crippen LogP contribution in [-0.4, -0.2) is 21.1 Å². The quantitative estimate of drug-likeness (QED) is 0.566. The summed E-state index contributed by atoms with van der Waals surface area (Å²) in [6, 6.07) is 10.2. The summed E-state index contributed by atoms with van der Waals surface area (Å²) in [6.45, 7) is 2.20. The molecular weight excluding hydrogens is 327 g/mol. The van der Waals surface area contributed by atoms with E-state index in [1.54, 1.807) is 24.4 Å². The van der Waals surface area contributed by atoms with Gasteiger partial charge in [-0.3, -0.25) is 0 Å². The summed E-state index contributed by atoms with van der Waals surface area (Å²) in [5.74, 6) is 2.73. The van der Waals surface area contributed by atoms with E-state index in [0.29, 0.717) is 29.0 Å². The molecule has 1 aliphatic carbocycles. The minimum Gasteiger partial charge on any atom is -0.460 e.